The molecule has 78 valence electrons. The van der Waals surface area contributed by atoms with Gasteiger partial charge < -0.3 is 5.73 Å². The highest BCUT2D eigenvalue weighted by atomic mass is 79.9. The maximum atomic E-state index is 6.02. The van der Waals surface area contributed by atoms with Crippen LogP contribution in [0.15, 0.2) is 22.8 Å². The van der Waals surface area contributed by atoms with Gasteiger partial charge in [-0.05, 0) is 12.1 Å². The van der Waals surface area contributed by atoms with Crippen molar-refractivity contribution in [2.75, 3.05) is 5.73 Å². The molecular weight excluding hydrogens is 303 g/mol. The minimum atomic E-state index is 0.310. The van der Waals surface area contributed by atoms with E-state index < -0.39 is 0 Å². The first-order valence-corrected chi connectivity index (χ1v) is 5.45. The zero-order valence-corrected chi connectivity index (χ0v) is 10.4. The van der Waals surface area contributed by atoms with Gasteiger partial charge in [0.05, 0.1) is 16.2 Å². The monoisotopic (exact) mass is 306 g/mol. The maximum Gasteiger partial charge on any atom is 0.166 e. The number of nitrogens with two attached hydrogens (primary N) is 1. The zero-order valence-electron chi connectivity index (χ0n) is 7.28. The van der Waals surface area contributed by atoms with Crippen LogP contribution in [0.1, 0.15) is 0 Å². The molecule has 15 heavy (non-hydrogen) atoms. The summed E-state index contributed by atoms with van der Waals surface area (Å²) in [7, 11) is 0. The molecule has 0 unspecified atom stereocenters. The van der Waals surface area contributed by atoms with Gasteiger partial charge in [0, 0.05) is 4.47 Å². The van der Waals surface area contributed by atoms with E-state index in [0.29, 0.717) is 21.6 Å². The molecule has 2 N–H and O–H groups in total. The van der Waals surface area contributed by atoms with E-state index in [0.717, 1.165) is 4.47 Å². The van der Waals surface area contributed by atoms with Gasteiger partial charge in [0.15, 0.2) is 5.82 Å². The molecule has 0 fully saturated rings. The Morgan fingerprint density at radius 2 is 1.87 bits per heavy atom. The number of nitrogen functional groups attached to an aromatic ring is 1. The number of hydrogen-bond acceptors (Lipinski definition) is 3. The van der Waals surface area contributed by atoms with E-state index in [4.69, 9.17) is 28.9 Å². The van der Waals surface area contributed by atoms with Gasteiger partial charge in [-0.3, -0.25) is 0 Å². The number of anilines is 1. The Balaban J connectivity index is 2.62. The highest BCUT2D eigenvalue weighted by Crippen LogP contribution is 2.31. The van der Waals surface area contributed by atoms with E-state index in [2.05, 4.69) is 26.1 Å². The van der Waals surface area contributed by atoms with Crippen molar-refractivity contribution in [2.45, 2.75) is 0 Å². The van der Waals surface area contributed by atoms with Crippen LogP contribution in [-0.4, -0.2) is 15.0 Å². The fourth-order valence-electron chi connectivity index (χ4n) is 1.11. The van der Waals surface area contributed by atoms with Crippen LogP contribution >= 0.6 is 39.1 Å². The van der Waals surface area contributed by atoms with Crippen LogP contribution in [0, 0.1) is 0 Å². The van der Waals surface area contributed by atoms with Crippen LogP contribution in [0.5, 0.6) is 0 Å². The summed E-state index contributed by atoms with van der Waals surface area (Å²) < 4.78 is 0.793. The fraction of sp³-hybridized carbons (Fsp3) is 0. The smallest absolute Gasteiger partial charge is 0.166 e. The second-order valence-electron chi connectivity index (χ2n) is 2.78. The molecule has 1 heterocycles. The highest BCUT2D eigenvalue weighted by molar-refractivity contribution is 9.10. The molecule has 0 aliphatic heterocycles. The van der Waals surface area contributed by atoms with Crippen LogP contribution in [-0.2, 0) is 0 Å². The average Bonchev–Trinajstić information content (AvgIpc) is 2.49. The third kappa shape index (κ3) is 2.09. The largest absolute Gasteiger partial charge is 0.381 e. The summed E-state index contributed by atoms with van der Waals surface area (Å²) in [6.45, 7) is 0. The molecular formula is C8H5BrCl2N4. The lowest BCUT2D eigenvalue weighted by molar-refractivity contribution is 0.754. The first kappa shape index (κ1) is 10.7. The van der Waals surface area contributed by atoms with Crippen LogP contribution in [0.4, 0.5) is 5.82 Å². The predicted octanol–water partition coefficient (Wildman–Crippen LogP) is 2.92. The van der Waals surface area contributed by atoms with E-state index in [-0.39, 0.29) is 0 Å². The van der Waals surface area contributed by atoms with Gasteiger partial charge >= 0.3 is 0 Å². The summed E-state index contributed by atoms with van der Waals surface area (Å²) in [6.07, 6.45) is 1.43. The second-order valence-corrected chi connectivity index (χ2v) is 4.51. The summed E-state index contributed by atoms with van der Waals surface area (Å²) >= 11 is 15.3. The molecule has 0 amide bonds. The van der Waals surface area contributed by atoms with Gasteiger partial charge in [-0.25, -0.2) is 0 Å². The first-order valence-electron chi connectivity index (χ1n) is 3.90. The van der Waals surface area contributed by atoms with Crippen molar-refractivity contribution in [3.63, 3.8) is 0 Å². The number of benzene rings is 1. The first-order chi connectivity index (χ1) is 7.08. The maximum absolute atomic E-state index is 6.02. The quantitative estimate of drug-likeness (QED) is 0.881. The van der Waals surface area contributed by atoms with Crippen molar-refractivity contribution >= 4 is 44.9 Å². The Kier molecular flexibility index (Phi) is 2.86. The van der Waals surface area contributed by atoms with Gasteiger partial charge in [-0.1, -0.05) is 39.1 Å². The Hall–Kier alpha value is -0.780. The van der Waals surface area contributed by atoms with E-state index >= 15 is 0 Å². The van der Waals surface area contributed by atoms with Crippen LogP contribution in [0.2, 0.25) is 10.0 Å². The van der Waals surface area contributed by atoms with Crippen LogP contribution in [0.25, 0.3) is 5.69 Å². The molecule has 0 saturated carbocycles. The zero-order chi connectivity index (χ0) is 11.0. The molecule has 0 spiro atoms. The van der Waals surface area contributed by atoms with Gasteiger partial charge in [-0.2, -0.15) is 5.10 Å². The van der Waals surface area contributed by atoms with E-state index in [1.54, 1.807) is 12.1 Å². The van der Waals surface area contributed by atoms with E-state index in [1.165, 1.54) is 11.0 Å². The summed E-state index contributed by atoms with van der Waals surface area (Å²) in [6, 6.07) is 3.42. The van der Waals surface area contributed by atoms with Gasteiger partial charge in [0.25, 0.3) is 0 Å². The summed E-state index contributed by atoms with van der Waals surface area (Å²) in [5.74, 6) is 0.310. The van der Waals surface area contributed by atoms with Crippen molar-refractivity contribution in [3.8, 4) is 5.69 Å². The molecule has 0 radical (unpaired) electrons. The molecule has 0 saturated heterocycles. The Labute approximate surface area is 104 Å². The number of nitrogens with zero attached hydrogens (tertiary/aromatic N) is 3. The molecule has 0 aliphatic carbocycles. The lowest BCUT2D eigenvalue weighted by atomic mass is 10.3. The second kappa shape index (κ2) is 4.00. The number of aromatic nitrogens is 3. The SMILES string of the molecule is Nc1cnn(-c2c(Cl)cc(Br)cc2Cl)n1. The Morgan fingerprint density at radius 3 is 2.33 bits per heavy atom. The van der Waals surface area contributed by atoms with Crippen molar-refractivity contribution in [1.82, 2.24) is 15.0 Å². The van der Waals surface area contributed by atoms with E-state index in [9.17, 15) is 0 Å². The molecule has 4 nitrogen and oxygen atoms in total. The molecule has 0 aliphatic rings. The molecule has 7 heteroatoms. The predicted molar refractivity (Wildman–Crippen MR) is 63.5 cm³/mol. The van der Waals surface area contributed by atoms with Gasteiger partial charge in [0.1, 0.15) is 5.69 Å². The minimum Gasteiger partial charge on any atom is -0.381 e. The van der Waals surface area contributed by atoms with Crippen LogP contribution < -0.4 is 5.73 Å². The molecule has 0 atom stereocenters. The van der Waals surface area contributed by atoms with E-state index in [1.807, 2.05) is 0 Å². The molecule has 2 rings (SSSR count). The summed E-state index contributed by atoms with van der Waals surface area (Å²) in [5.41, 5.74) is 5.97. The lowest BCUT2D eigenvalue weighted by Gasteiger charge is -2.05. The number of halogens is 3. The summed E-state index contributed by atoms with van der Waals surface area (Å²) in [4.78, 5) is 1.30. The number of rotatable bonds is 1. The molecule has 2 aromatic rings. The normalized spacial score (nSPS) is 10.6. The molecule has 0 bridgehead atoms. The van der Waals surface area contributed by atoms with Crippen molar-refractivity contribution < 1.29 is 0 Å². The fourth-order valence-corrected chi connectivity index (χ4v) is 2.47. The number of hydrogen-bond donors (Lipinski definition) is 1. The van der Waals surface area contributed by atoms with Gasteiger partial charge in [-0.15, -0.1) is 9.90 Å². The topological polar surface area (TPSA) is 56.7 Å². The minimum absolute atomic E-state index is 0.310. The standard InChI is InChI=1S/C8H5BrCl2N4/c9-4-1-5(10)8(6(11)2-4)15-13-3-7(12)14-15/h1-3H,(H2,12,14). The third-order valence-corrected chi connectivity index (χ3v) is 2.73. The van der Waals surface area contributed by atoms with Crippen molar-refractivity contribution in [2.24, 2.45) is 0 Å². The molecule has 1 aromatic heterocycles. The third-order valence-electron chi connectivity index (χ3n) is 1.69. The Morgan fingerprint density at radius 1 is 1.27 bits per heavy atom. The lowest BCUT2D eigenvalue weighted by Crippen LogP contribution is -2.01. The molecule has 1 aromatic carbocycles. The van der Waals surface area contributed by atoms with Crippen molar-refractivity contribution in [3.05, 3.63) is 32.8 Å². The van der Waals surface area contributed by atoms with Gasteiger partial charge in [0.2, 0.25) is 0 Å². The average molecular weight is 308 g/mol. The summed E-state index contributed by atoms with van der Waals surface area (Å²) in [5, 5.41) is 8.76. The van der Waals surface area contributed by atoms with Crippen LogP contribution in [0.3, 0.4) is 0 Å². The highest BCUT2D eigenvalue weighted by Gasteiger charge is 2.11. The Bertz CT molecular complexity index is 488. The van der Waals surface area contributed by atoms with Crippen molar-refractivity contribution in [1.29, 1.82) is 0 Å².